The second-order valence-corrected chi connectivity index (χ2v) is 5.21. The van der Waals surface area contributed by atoms with E-state index in [0.717, 1.165) is 0 Å². The first-order valence-corrected chi connectivity index (χ1v) is 7.57. The van der Waals surface area contributed by atoms with Crippen LogP contribution in [0.15, 0.2) is 4.52 Å². The third kappa shape index (κ3) is 8.32. The summed E-state index contributed by atoms with van der Waals surface area (Å²) in [7, 11) is -2.79. The predicted molar refractivity (Wildman–Crippen MR) is 64.2 cm³/mol. The van der Waals surface area contributed by atoms with Crippen LogP contribution in [0.2, 0.25) is 0 Å². The largest absolute Gasteiger partial charge is 0.326 e. The normalized spacial score (nSPS) is 11.3. The van der Waals surface area contributed by atoms with Gasteiger partial charge < -0.3 is 18.1 Å². The van der Waals surface area contributed by atoms with Gasteiger partial charge in [-0.3, -0.25) is 0 Å². The van der Waals surface area contributed by atoms with Gasteiger partial charge >= 0.3 is 8.53 Å². The van der Waals surface area contributed by atoms with E-state index in [0.29, 0.717) is 26.4 Å². The highest BCUT2D eigenvalue weighted by molar-refractivity contribution is 7.54. The van der Waals surface area contributed by atoms with Gasteiger partial charge in [-0.1, -0.05) is 0 Å². The highest BCUT2D eigenvalue weighted by atomic mass is 31.2. The van der Waals surface area contributed by atoms with E-state index in [1.807, 2.05) is 27.7 Å². The fraction of sp³-hybridized carbons (Fsp3) is 1.00. The lowest BCUT2D eigenvalue weighted by molar-refractivity contribution is 0.263. The van der Waals surface area contributed by atoms with Crippen molar-refractivity contribution in [3.63, 3.8) is 0 Å². The topological polar surface area (TPSA) is 49.3 Å². The Morgan fingerprint density at radius 3 is 1.67 bits per heavy atom. The molecule has 0 saturated heterocycles. The van der Waals surface area contributed by atoms with Crippen LogP contribution in [0.25, 0.3) is 0 Å². The zero-order valence-electron chi connectivity index (χ0n) is 9.86. The first-order chi connectivity index (χ1) is 7.28. The van der Waals surface area contributed by atoms with Crippen molar-refractivity contribution in [1.82, 2.24) is 0 Å². The fourth-order valence-corrected chi connectivity index (χ4v) is 3.28. The second kappa shape index (κ2) is 11.0. The van der Waals surface area contributed by atoms with Crippen molar-refractivity contribution in [2.75, 3.05) is 26.4 Å². The van der Waals surface area contributed by atoms with Crippen molar-refractivity contribution in [2.24, 2.45) is 4.52 Å². The molecule has 0 N–H and O–H groups in total. The van der Waals surface area contributed by atoms with Crippen LogP contribution in [0.1, 0.15) is 27.7 Å². The molecule has 0 rings (SSSR count). The van der Waals surface area contributed by atoms with E-state index in [1.165, 1.54) is 0 Å². The summed E-state index contributed by atoms with van der Waals surface area (Å²) in [6, 6.07) is 0. The highest BCUT2D eigenvalue weighted by Gasteiger charge is 2.09. The van der Waals surface area contributed by atoms with Gasteiger partial charge in [0.25, 0.3) is 0 Å². The Morgan fingerprint density at radius 1 is 0.867 bits per heavy atom. The summed E-state index contributed by atoms with van der Waals surface area (Å²) in [5.74, 6) is 0. The van der Waals surface area contributed by atoms with E-state index >= 15 is 0 Å². The smallest absolute Gasteiger partial charge is 0.312 e. The lowest BCUT2D eigenvalue weighted by Gasteiger charge is -2.13. The summed E-state index contributed by atoms with van der Waals surface area (Å²) < 4.78 is 25.8. The van der Waals surface area contributed by atoms with Crippen LogP contribution in [0.4, 0.5) is 0 Å². The van der Waals surface area contributed by atoms with E-state index in [2.05, 4.69) is 4.52 Å². The zero-order valence-corrected chi connectivity index (χ0v) is 11.8. The third-order valence-electron chi connectivity index (χ3n) is 1.18. The molecular weight excluding hydrogens is 236 g/mol. The first-order valence-electron chi connectivity index (χ1n) is 5.18. The molecule has 0 unspecified atom stereocenters. The van der Waals surface area contributed by atoms with Gasteiger partial charge in [-0.15, -0.1) is 0 Å². The monoisotopic (exact) mass is 257 g/mol. The minimum absolute atomic E-state index is 0.586. The van der Waals surface area contributed by atoms with Gasteiger partial charge in [0.2, 0.25) is 8.17 Å². The number of nitrogens with zero attached hydrogens (tertiary/aromatic N) is 1. The van der Waals surface area contributed by atoms with Crippen LogP contribution in [0.5, 0.6) is 0 Å². The Balaban J connectivity index is 4.27. The zero-order chi connectivity index (χ0) is 11.5. The van der Waals surface area contributed by atoms with Crippen LogP contribution in [0.3, 0.4) is 0 Å². The van der Waals surface area contributed by atoms with Crippen LogP contribution in [-0.4, -0.2) is 26.4 Å². The maximum absolute atomic E-state index is 5.37. The molecule has 0 radical (unpaired) electrons. The molecule has 0 atom stereocenters. The van der Waals surface area contributed by atoms with Crippen LogP contribution in [-0.2, 0) is 18.1 Å². The molecule has 0 aromatic rings. The molecule has 0 aromatic heterocycles. The van der Waals surface area contributed by atoms with Crippen LogP contribution in [0, 0.1) is 0 Å². The van der Waals surface area contributed by atoms with E-state index in [4.69, 9.17) is 18.1 Å². The Labute approximate surface area is 94.1 Å². The molecule has 0 aliphatic heterocycles. The summed E-state index contributed by atoms with van der Waals surface area (Å²) in [6.45, 7) is 10.0. The third-order valence-corrected chi connectivity index (χ3v) is 4.51. The average Bonchev–Trinajstić information content (AvgIpc) is 2.19. The molecule has 7 heteroatoms. The average molecular weight is 257 g/mol. The predicted octanol–water partition coefficient (Wildman–Crippen LogP) is 3.59. The van der Waals surface area contributed by atoms with Gasteiger partial charge in [-0.05, 0) is 27.7 Å². The van der Waals surface area contributed by atoms with Crippen molar-refractivity contribution in [2.45, 2.75) is 27.7 Å². The van der Waals surface area contributed by atoms with Gasteiger partial charge in [0.05, 0.1) is 26.4 Å². The van der Waals surface area contributed by atoms with Gasteiger partial charge in [-0.2, -0.15) is 4.52 Å². The summed E-state index contributed by atoms with van der Waals surface area (Å²) in [4.78, 5) is 0. The Morgan fingerprint density at radius 2 is 1.33 bits per heavy atom. The molecule has 0 amide bonds. The maximum Gasteiger partial charge on any atom is 0.312 e. The molecule has 0 aliphatic carbocycles. The molecule has 15 heavy (non-hydrogen) atoms. The van der Waals surface area contributed by atoms with Crippen molar-refractivity contribution in [1.29, 1.82) is 0 Å². The minimum atomic E-state index is -1.59. The highest BCUT2D eigenvalue weighted by Crippen LogP contribution is 2.48. The van der Waals surface area contributed by atoms with Gasteiger partial charge in [0, 0.05) is 0 Å². The van der Waals surface area contributed by atoms with Crippen LogP contribution < -0.4 is 0 Å². The van der Waals surface area contributed by atoms with E-state index in [-0.39, 0.29) is 0 Å². The van der Waals surface area contributed by atoms with Gasteiger partial charge in [0.1, 0.15) is 0 Å². The van der Waals surface area contributed by atoms with Crippen molar-refractivity contribution >= 4 is 16.7 Å². The molecule has 0 saturated carbocycles. The fourth-order valence-electron chi connectivity index (χ4n) is 0.729. The number of hydrogen-bond donors (Lipinski definition) is 0. The molecule has 92 valence electrons. The minimum Gasteiger partial charge on any atom is -0.326 e. The number of rotatable bonds is 9. The van der Waals surface area contributed by atoms with Crippen molar-refractivity contribution < 1.29 is 18.1 Å². The summed E-state index contributed by atoms with van der Waals surface area (Å²) >= 11 is 0. The van der Waals surface area contributed by atoms with Crippen molar-refractivity contribution in [3.05, 3.63) is 0 Å². The van der Waals surface area contributed by atoms with Crippen molar-refractivity contribution in [3.8, 4) is 0 Å². The number of hydrogen-bond acceptors (Lipinski definition) is 5. The standard InChI is InChI=1S/C8H21NO4P2/c1-5-10-14(11-6-2)9-15(12-7-3)13-8-4/h14H,5-8H2,1-4H3. The quantitative estimate of drug-likeness (QED) is 0.592. The van der Waals surface area contributed by atoms with Gasteiger partial charge in [0.15, 0.2) is 0 Å². The Hall–Kier alpha value is 0.500. The molecule has 0 heterocycles. The van der Waals surface area contributed by atoms with E-state index in [1.54, 1.807) is 0 Å². The molecular formula is C8H21NO4P2. The van der Waals surface area contributed by atoms with Crippen LogP contribution >= 0.6 is 16.7 Å². The lowest BCUT2D eigenvalue weighted by atomic mass is 10.9. The molecule has 5 nitrogen and oxygen atoms in total. The summed E-state index contributed by atoms with van der Waals surface area (Å²) in [5, 5.41) is 0. The second-order valence-electron chi connectivity index (χ2n) is 2.31. The Bertz CT molecular complexity index is 166. The SMILES string of the molecule is CCOP(N=[PH](OCC)OCC)OCC. The molecule has 0 bridgehead atoms. The maximum atomic E-state index is 5.37. The molecule has 0 aliphatic rings. The first kappa shape index (κ1) is 15.5. The van der Waals surface area contributed by atoms with E-state index in [9.17, 15) is 0 Å². The summed E-state index contributed by atoms with van der Waals surface area (Å²) in [6.07, 6.45) is 0. The Kier molecular flexibility index (Phi) is 11.4. The lowest BCUT2D eigenvalue weighted by Crippen LogP contribution is -1.89. The van der Waals surface area contributed by atoms with E-state index < -0.39 is 16.7 Å². The molecule has 0 aromatic carbocycles. The molecule has 0 fully saturated rings. The summed E-state index contributed by atoms with van der Waals surface area (Å²) in [5.41, 5.74) is 0. The molecule has 0 spiro atoms. The van der Waals surface area contributed by atoms with Gasteiger partial charge in [-0.25, -0.2) is 0 Å².